The lowest BCUT2D eigenvalue weighted by atomic mass is 10.1. The van der Waals surface area contributed by atoms with Crippen LogP contribution < -0.4 is 9.47 Å². The van der Waals surface area contributed by atoms with E-state index >= 15 is 0 Å². The van der Waals surface area contributed by atoms with Gasteiger partial charge in [-0.15, -0.1) is 0 Å². The second kappa shape index (κ2) is 11.0. The average Bonchev–Trinajstić information content (AvgIpc) is 3.06. The van der Waals surface area contributed by atoms with Crippen LogP contribution in [0.4, 0.5) is 4.79 Å². The van der Waals surface area contributed by atoms with Gasteiger partial charge in [-0.1, -0.05) is 57.9 Å². The molecular formula is C26H21BrINO4S. The summed E-state index contributed by atoms with van der Waals surface area (Å²) in [6.07, 6.45) is 1.72. The van der Waals surface area contributed by atoms with Gasteiger partial charge in [-0.2, -0.15) is 0 Å². The molecule has 0 spiro atoms. The third-order valence-electron chi connectivity index (χ3n) is 5.16. The number of methoxy groups -OCH3 is 1. The van der Waals surface area contributed by atoms with Crippen LogP contribution >= 0.6 is 50.3 Å². The third kappa shape index (κ3) is 5.84. The van der Waals surface area contributed by atoms with Gasteiger partial charge in [-0.3, -0.25) is 14.5 Å². The van der Waals surface area contributed by atoms with Crippen molar-refractivity contribution in [2.45, 2.75) is 20.1 Å². The van der Waals surface area contributed by atoms with Crippen molar-refractivity contribution >= 4 is 67.5 Å². The molecule has 1 fully saturated rings. The molecule has 0 aliphatic carbocycles. The molecule has 1 saturated heterocycles. The monoisotopic (exact) mass is 649 g/mol. The van der Waals surface area contributed by atoms with E-state index in [2.05, 4.69) is 38.5 Å². The minimum Gasteiger partial charge on any atom is -0.493 e. The van der Waals surface area contributed by atoms with E-state index in [0.29, 0.717) is 23.0 Å². The number of amides is 2. The summed E-state index contributed by atoms with van der Waals surface area (Å²) >= 11 is 6.56. The maximum Gasteiger partial charge on any atom is 0.293 e. The van der Waals surface area contributed by atoms with E-state index in [1.54, 1.807) is 13.2 Å². The van der Waals surface area contributed by atoms with Crippen LogP contribution in [0.1, 0.15) is 22.3 Å². The van der Waals surface area contributed by atoms with E-state index in [9.17, 15) is 9.59 Å². The summed E-state index contributed by atoms with van der Waals surface area (Å²) in [7, 11) is 1.58. The Bertz CT molecular complexity index is 1280. The molecule has 0 N–H and O–H groups in total. The first-order valence-electron chi connectivity index (χ1n) is 10.4. The Morgan fingerprint density at radius 3 is 2.53 bits per heavy atom. The Morgan fingerprint density at radius 2 is 1.82 bits per heavy atom. The number of hydrogen-bond donors (Lipinski definition) is 0. The fraction of sp³-hybridized carbons (Fsp3) is 0.154. The minimum atomic E-state index is -0.302. The smallest absolute Gasteiger partial charge is 0.293 e. The molecule has 0 unspecified atom stereocenters. The zero-order valence-corrected chi connectivity index (χ0v) is 23.1. The fourth-order valence-corrected chi connectivity index (χ4v) is 5.47. The first-order chi connectivity index (χ1) is 16.3. The second-order valence-electron chi connectivity index (χ2n) is 7.71. The number of benzene rings is 3. The fourth-order valence-electron chi connectivity index (χ4n) is 3.41. The predicted molar refractivity (Wildman–Crippen MR) is 147 cm³/mol. The van der Waals surface area contributed by atoms with Crippen LogP contribution in [0, 0.1) is 10.5 Å². The number of ether oxygens (including phenoxy) is 2. The van der Waals surface area contributed by atoms with Gasteiger partial charge in [0, 0.05) is 4.47 Å². The number of carbonyl (C=O) groups excluding carboxylic acids is 2. The van der Waals surface area contributed by atoms with Crippen LogP contribution in [-0.4, -0.2) is 23.2 Å². The van der Waals surface area contributed by atoms with E-state index in [-0.39, 0.29) is 17.7 Å². The molecule has 3 aromatic rings. The van der Waals surface area contributed by atoms with E-state index in [1.807, 2.05) is 67.6 Å². The van der Waals surface area contributed by atoms with Gasteiger partial charge in [-0.25, -0.2) is 0 Å². The summed E-state index contributed by atoms with van der Waals surface area (Å²) in [4.78, 5) is 27.1. The Kier molecular flexibility index (Phi) is 8.00. The Hall–Kier alpha value is -2.30. The molecule has 0 atom stereocenters. The molecule has 4 rings (SSSR count). The van der Waals surface area contributed by atoms with E-state index in [1.165, 1.54) is 10.5 Å². The number of halogens is 2. The largest absolute Gasteiger partial charge is 0.493 e. The van der Waals surface area contributed by atoms with Crippen molar-refractivity contribution in [1.82, 2.24) is 4.90 Å². The van der Waals surface area contributed by atoms with Crippen molar-refractivity contribution in [3.05, 3.63) is 95.9 Å². The molecule has 0 bridgehead atoms. The number of carbonyl (C=O) groups is 2. The second-order valence-corrected chi connectivity index (χ2v) is 10.8. The van der Waals surface area contributed by atoms with Gasteiger partial charge in [0.15, 0.2) is 11.5 Å². The SMILES string of the molecule is COc1cc(/C=C2\SC(=O)N(Cc3cccc(Br)c3)C2=O)cc(I)c1OCc1ccc(C)cc1. The molecule has 1 aliphatic heterocycles. The highest BCUT2D eigenvalue weighted by Gasteiger charge is 2.35. The molecule has 3 aromatic carbocycles. The lowest BCUT2D eigenvalue weighted by molar-refractivity contribution is -0.123. The normalized spacial score (nSPS) is 14.7. The molecule has 34 heavy (non-hydrogen) atoms. The predicted octanol–water partition coefficient (Wildman–Crippen LogP) is 7.19. The first-order valence-corrected chi connectivity index (χ1v) is 13.1. The van der Waals surface area contributed by atoms with Crippen molar-refractivity contribution < 1.29 is 19.1 Å². The Labute approximate surface area is 224 Å². The maximum atomic E-state index is 12.9. The van der Waals surface area contributed by atoms with Crippen LogP contribution in [0.25, 0.3) is 6.08 Å². The summed E-state index contributed by atoms with van der Waals surface area (Å²) in [6, 6.07) is 19.5. The molecule has 2 amide bonds. The van der Waals surface area contributed by atoms with E-state index in [4.69, 9.17) is 9.47 Å². The van der Waals surface area contributed by atoms with Gasteiger partial charge in [0.2, 0.25) is 0 Å². The highest BCUT2D eigenvalue weighted by Crippen LogP contribution is 2.38. The standard InChI is InChI=1S/C26H21BrINO4S/c1-16-6-8-17(9-7-16)15-33-24-21(28)11-19(12-22(24)32-2)13-23-25(30)29(26(31)34-23)14-18-4-3-5-20(27)10-18/h3-13H,14-15H2,1-2H3/b23-13-. The van der Waals surface area contributed by atoms with Gasteiger partial charge < -0.3 is 9.47 Å². The molecule has 174 valence electrons. The summed E-state index contributed by atoms with van der Waals surface area (Å²) in [5, 5.41) is -0.282. The molecular weight excluding hydrogens is 629 g/mol. The van der Waals surface area contributed by atoms with Gasteiger partial charge in [0.1, 0.15) is 6.61 Å². The van der Waals surface area contributed by atoms with Crippen molar-refractivity contribution in [3.63, 3.8) is 0 Å². The Morgan fingerprint density at radius 1 is 1.06 bits per heavy atom. The molecule has 1 aliphatic rings. The van der Waals surface area contributed by atoms with Crippen LogP contribution in [0.3, 0.4) is 0 Å². The van der Waals surface area contributed by atoms with E-state index < -0.39 is 0 Å². The molecule has 1 heterocycles. The van der Waals surface area contributed by atoms with E-state index in [0.717, 1.165) is 36.5 Å². The molecule has 0 saturated carbocycles. The zero-order valence-electron chi connectivity index (χ0n) is 18.5. The number of imide groups is 1. The number of thioether (sulfide) groups is 1. The summed E-state index contributed by atoms with van der Waals surface area (Å²) in [5.74, 6) is 0.908. The summed E-state index contributed by atoms with van der Waals surface area (Å²) < 4.78 is 13.4. The van der Waals surface area contributed by atoms with Gasteiger partial charge in [0.05, 0.1) is 22.1 Å². The first kappa shape index (κ1) is 24.8. The van der Waals surface area contributed by atoms with Crippen LogP contribution in [0.2, 0.25) is 0 Å². The molecule has 0 aromatic heterocycles. The lowest BCUT2D eigenvalue weighted by Crippen LogP contribution is -2.27. The van der Waals surface area contributed by atoms with Crippen LogP contribution in [-0.2, 0) is 17.9 Å². The number of nitrogens with zero attached hydrogens (tertiary/aromatic N) is 1. The van der Waals surface area contributed by atoms with Gasteiger partial charge >= 0.3 is 0 Å². The molecule has 8 heteroatoms. The Balaban J connectivity index is 1.53. The molecule has 0 radical (unpaired) electrons. The quantitative estimate of drug-likeness (QED) is 0.200. The van der Waals surface area contributed by atoms with Gasteiger partial charge in [-0.05, 0) is 88.3 Å². The third-order valence-corrected chi connectivity index (χ3v) is 7.36. The summed E-state index contributed by atoms with van der Waals surface area (Å²) in [6.45, 7) is 2.69. The highest BCUT2D eigenvalue weighted by molar-refractivity contribution is 14.1. The zero-order chi connectivity index (χ0) is 24.2. The highest BCUT2D eigenvalue weighted by atomic mass is 127. The topological polar surface area (TPSA) is 55.8 Å². The number of aryl methyl sites for hydroxylation is 1. The number of hydrogen-bond acceptors (Lipinski definition) is 5. The maximum absolute atomic E-state index is 12.9. The van der Waals surface area contributed by atoms with Gasteiger partial charge in [0.25, 0.3) is 11.1 Å². The minimum absolute atomic E-state index is 0.230. The van der Waals surface area contributed by atoms with Crippen LogP contribution in [0.15, 0.2) is 70.0 Å². The molecule has 5 nitrogen and oxygen atoms in total. The van der Waals surface area contributed by atoms with Crippen molar-refractivity contribution in [2.75, 3.05) is 7.11 Å². The summed E-state index contributed by atoms with van der Waals surface area (Å²) in [5.41, 5.74) is 3.90. The van der Waals surface area contributed by atoms with Crippen molar-refractivity contribution in [3.8, 4) is 11.5 Å². The van der Waals surface area contributed by atoms with Crippen molar-refractivity contribution in [2.24, 2.45) is 0 Å². The lowest BCUT2D eigenvalue weighted by Gasteiger charge is -2.14. The number of rotatable bonds is 7. The van der Waals surface area contributed by atoms with Crippen LogP contribution in [0.5, 0.6) is 11.5 Å². The average molecular weight is 650 g/mol. The van der Waals surface area contributed by atoms with Crippen molar-refractivity contribution in [1.29, 1.82) is 0 Å².